The first-order valence-corrected chi connectivity index (χ1v) is 15.6. The standard InChI is InChI=1S/C32H42Cl3NO6/c1-19-20(2)28(38-17-25-14-10-7-11-15-25)30(39-23(19)5)41-27-21(3)22(4)29(42-31(36)32(33,34)35)40-26(27)18-37-16-24-12-8-6-9-13-24/h6-15,19-23,26-30,36H,16-18H2,1-5H3/t19-,20+,21-,22?,23?,26?,27+,28?,29?,30-/m1/s1. The third kappa shape index (κ3) is 8.60. The highest BCUT2D eigenvalue weighted by atomic mass is 35.6. The summed E-state index contributed by atoms with van der Waals surface area (Å²) in [6.07, 6.45) is -2.73. The second-order valence-corrected chi connectivity index (χ2v) is 13.8. The Kier molecular flexibility index (Phi) is 12.0. The number of halogens is 3. The molecule has 1 N–H and O–H groups in total. The normalized spacial score (nSPS) is 33.7. The van der Waals surface area contributed by atoms with Crippen molar-refractivity contribution in [2.75, 3.05) is 6.61 Å². The smallest absolute Gasteiger partial charge is 0.265 e. The summed E-state index contributed by atoms with van der Waals surface area (Å²) in [5.41, 5.74) is 2.13. The van der Waals surface area contributed by atoms with Gasteiger partial charge in [-0.2, -0.15) is 0 Å². The maximum absolute atomic E-state index is 8.11. The number of hydrogen-bond donors (Lipinski definition) is 1. The predicted molar refractivity (Wildman–Crippen MR) is 165 cm³/mol. The van der Waals surface area contributed by atoms with Crippen LogP contribution in [0.5, 0.6) is 0 Å². The molecule has 2 aromatic carbocycles. The molecule has 0 aliphatic carbocycles. The molecule has 0 aromatic heterocycles. The molecular formula is C32H42Cl3NO6. The lowest BCUT2D eigenvalue weighted by Crippen LogP contribution is -2.58. The molecule has 0 radical (unpaired) electrons. The quantitative estimate of drug-likeness (QED) is 0.164. The van der Waals surface area contributed by atoms with Gasteiger partial charge >= 0.3 is 0 Å². The fourth-order valence-corrected chi connectivity index (χ4v) is 5.57. The minimum absolute atomic E-state index is 0.0209. The molecule has 2 aromatic rings. The Morgan fingerprint density at radius 3 is 1.90 bits per heavy atom. The van der Waals surface area contributed by atoms with E-state index in [0.29, 0.717) is 13.2 Å². The second kappa shape index (κ2) is 15.0. The molecule has 0 amide bonds. The van der Waals surface area contributed by atoms with Crippen LogP contribution in [0.15, 0.2) is 60.7 Å². The minimum atomic E-state index is -2.00. The predicted octanol–water partition coefficient (Wildman–Crippen LogP) is 7.55. The van der Waals surface area contributed by atoms with Gasteiger partial charge in [-0.3, -0.25) is 5.41 Å². The topological polar surface area (TPSA) is 79.2 Å². The van der Waals surface area contributed by atoms with Crippen molar-refractivity contribution in [3.8, 4) is 0 Å². The molecule has 10 heteroatoms. The number of hydrogen-bond acceptors (Lipinski definition) is 7. The third-order valence-corrected chi connectivity index (χ3v) is 9.13. The number of nitrogens with one attached hydrogen (secondary N) is 1. The molecule has 4 rings (SSSR count). The largest absolute Gasteiger partial charge is 0.448 e. The minimum Gasteiger partial charge on any atom is -0.448 e. The van der Waals surface area contributed by atoms with E-state index in [9.17, 15) is 0 Å². The average Bonchev–Trinajstić information content (AvgIpc) is 2.96. The first kappa shape index (κ1) is 33.5. The van der Waals surface area contributed by atoms with Crippen molar-refractivity contribution >= 4 is 40.7 Å². The summed E-state index contributed by atoms with van der Waals surface area (Å²) >= 11 is 17.7. The van der Waals surface area contributed by atoms with Gasteiger partial charge in [0.25, 0.3) is 3.79 Å². The van der Waals surface area contributed by atoms with Gasteiger partial charge in [0.2, 0.25) is 12.2 Å². The number of ether oxygens (including phenoxy) is 6. The van der Waals surface area contributed by atoms with Crippen LogP contribution < -0.4 is 0 Å². The van der Waals surface area contributed by atoms with Crippen LogP contribution in [0.4, 0.5) is 0 Å². The number of alkyl halides is 3. The Labute approximate surface area is 264 Å². The van der Waals surface area contributed by atoms with Crippen LogP contribution in [0.25, 0.3) is 0 Å². The molecular weight excluding hydrogens is 601 g/mol. The van der Waals surface area contributed by atoms with Crippen molar-refractivity contribution in [1.29, 1.82) is 5.41 Å². The second-order valence-electron chi connectivity index (χ2n) is 11.5. The van der Waals surface area contributed by atoms with E-state index in [0.717, 1.165) is 11.1 Å². The average molecular weight is 643 g/mol. The molecule has 2 aliphatic rings. The van der Waals surface area contributed by atoms with Crippen molar-refractivity contribution in [2.24, 2.45) is 23.7 Å². The Morgan fingerprint density at radius 1 is 0.738 bits per heavy atom. The molecule has 2 fully saturated rings. The van der Waals surface area contributed by atoms with Crippen LogP contribution in [0.2, 0.25) is 0 Å². The highest BCUT2D eigenvalue weighted by Gasteiger charge is 2.49. The van der Waals surface area contributed by atoms with Crippen LogP contribution >= 0.6 is 34.8 Å². The molecule has 232 valence electrons. The van der Waals surface area contributed by atoms with Gasteiger partial charge in [-0.25, -0.2) is 0 Å². The highest BCUT2D eigenvalue weighted by molar-refractivity contribution is 6.76. The molecule has 0 spiro atoms. The Balaban J connectivity index is 1.53. The molecule has 42 heavy (non-hydrogen) atoms. The molecule has 5 unspecified atom stereocenters. The van der Waals surface area contributed by atoms with Gasteiger partial charge in [0, 0.05) is 5.92 Å². The van der Waals surface area contributed by atoms with Crippen LogP contribution in [0.1, 0.15) is 45.7 Å². The van der Waals surface area contributed by atoms with E-state index in [2.05, 4.69) is 27.7 Å². The van der Waals surface area contributed by atoms with E-state index in [4.69, 9.17) is 68.6 Å². The third-order valence-electron chi connectivity index (χ3n) is 8.62. The van der Waals surface area contributed by atoms with Crippen LogP contribution in [-0.2, 0) is 41.6 Å². The summed E-state index contributed by atoms with van der Waals surface area (Å²) in [7, 11) is 0. The van der Waals surface area contributed by atoms with Gasteiger partial charge in [0.05, 0.1) is 32.0 Å². The van der Waals surface area contributed by atoms with Gasteiger partial charge in [-0.15, -0.1) is 0 Å². The van der Waals surface area contributed by atoms with E-state index in [1.807, 2.05) is 67.6 Å². The Bertz CT molecular complexity index is 1120. The van der Waals surface area contributed by atoms with Crippen molar-refractivity contribution < 1.29 is 28.4 Å². The molecule has 2 heterocycles. The summed E-state index contributed by atoms with van der Waals surface area (Å²) in [6.45, 7) is 11.5. The summed E-state index contributed by atoms with van der Waals surface area (Å²) in [5, 5.41) is 8.11. The number of benzene rings is 2. The molecule has 2 aliphatic heterocycles. The number of rotatable bonds is 10. The summed E-state index contributed by atoms with van der Waals surface area (Å²) in [5.74, 6) is -0.315. The van der Waals surface area contributed by atoms with E-state index < -0.39 is 34.5 Å². The van der Waals surface area contributed by atoms with E-state index >= 15 is 0 Å². The van der Waals surface area contributed by atoms with Crippen LogP contribution in [0, 0.1) is 29.1 Å². The zero-order chi connectivity index (χ0) is 30.4. The Morgan fingerprint density at radius 2 is 1.31 bits per heavy atom. The van der Waals surface area contributed by atoms with Gasteiger partial charge < -0.3 is 28.4 Å². The van der Waals surface area contributed by atoms with Gasteiger partial charge in [-0.05, 0) is 35.8 Å². The lowest BCUT2D eigenvalue weighted by molar-refractivity contribution is -0.333. The first-order chi connectivity index (χ1) is 20.0. The SMILES string of the molecule is CC1C(OC(=N)C(Cl)(Cl)Cl)OC(COCc2ccccc2)[C@@H](O[C@H]2OC(C)[C@H](C)[C@H](C)C2OCc2ccccc2)[C@@H]1C. The molecule has 0 saturated carbocycles. The lowest BCUT2D eigenvalue weighted by Gasteiger charge is -2.48. The summed E-state index contributed by atoms with van der Waals surface area (Å²) in [4.78, 5) is 0. The monoisotopic (exact) mass is 641 g/mol. The zero-order valence-electron chi connectivity index (χ0n) is 24.8. The fourth-order valence-electron chi connectivity index (χ4n) is 5.44. The van der Waals surface area contributed by atoms with E-state index in [-0.39, 0.29) is 42.5 Å². The van der Waals surface area contributed by atoms with E-state index in [1.54, 1.807) is 0 Å². The van der Waals surface area contributed by atoms with Gasteiger partial charge in [0.1, 0.15) is 12.2 Å². The fraction of sp³-hybridized carbons (Fsp3) is 0.594. The van der Waals surface area contributed by atoms with Crippen molar-refractivity contribution in [3.63, 3.8) is 0 Å². The maximum atomic E-state index is 8.11. The van der Waals surface area contributed by atoms with Crippen molar-refractivity contribution in [2.45, 2.75) is 88.6 Å². The van der Waals surface area contributed by atoms with Gasteiger partial charge in [-0.1, -0.05) is 123 Å². The van der Waals surface area contributed by atoms with E-state index in [1.165, 1.54) is 0 Å². The van der Waals surface area contributed by atoms with Gasteiger partial charge in [0.15, 0.2) is 6.29 Å². The van der Waals surface area contributed by atoms with Crippen molar-refractivity contribution in [1.82, 2.24) is 0 Å². The maximum Gasteiger partial charge on any atom is 0.265 e. The van der Waals surface area contributed by atoms with Crippen molar-refractivity contribution in [3.05, 3.63) is 71.8 Å². The molecule has 0 bridgehead atoms. The summed E-state index contributed by atoms with van der Waals surface area (Å²) in [6, 6.07) is 20.0. The summed E-state index contributed by atoms with van der Waals surface area (Å²) < 4.78 is 36.0. The highest BCUT2D eigenvalue weighted by Crippen LogP contribution is 2.40. The Hall–Kier alpha value is -1.42. The molecule has 2 saturated heterocycles. The first-order valence-electron chi connectivity index (χ1n) is 14.5. The van der Waals surface area contributed by atoms with Crippen LogP contribution in [-0.4, -0.2) is 53.3 Å². The molecule has 7 nitrogen and oxygen atoms in total. The van der Waals surface area contributed by atoms with Crippen LogP contribution in [0.3, 0.4) is 0 Å². The molecule has 10 atom stereocenters. The lowest BCUT2D eigenvalue weighted by atomic mass is 9.83. The zero-order valence-corrected chi connectivity index (χ0v) is 27.0.